The summed E-state index contributed by atoms with van der Waals surface area (Å²) in [6.07, 6.45) is 3.70. The number of aromatic nitrogens is 2. The SMILES string of the molecule is CC.Cc1c[nH]c2ccc(N=CN(C)C)nc12. The van der Waals surface area contributed by atoms with Crippen LogP contribution in [0, 0.1) is 6.92 Å². The van der Waals surface area contributed by atoms with Crippen molar-refractivity contribution in [1.29, 1.82) is 0 Å². The fourth-order valence-electron chi connectivity index (χ4n) is 1.37. The van der Waals surface area contributed by atoms with Crippen LogP contribution in [-0.4, -0.2) is 35.3 Å². The van der Waals surface area contributed by atoms with Crippen molar-refractivity contribution < 1.29 is 0 Å². The predicted molar refractivity (Wildman–Crippen MR) is 74.0 cm³/mol. The molecule has 0 atom stereocenters. The van der Waals surface area contributed by atoms with Crippen LogP contribution in [-0.2, 0) is 0 Å². The number of H-pyrrole nitrogens is 1. The first-order chi connectivity index (χ1) is 8.16. The lowest BCUT2D eigenvalue weighted by Crippen LogP contribution is -2.07. The third kappa shape index (κ3) is 3.31. The van der Waals surface area contributed by atoms with Gasteiger partial charge in [-0.05, 0) is 24.6 Å². The summed E-state index contributed by atoms with van der Waals surface area (Å²) in [5.74, 6) is 0.735. The van der Waals surface area contributed by atoms with E-state index in [4.69, 9.17) is 0 Å². The lowest BCUT2D eigenvalue weighted by Gasteiger charge is -2.01. The Morgan fingerprint density at radius 1 is 1.29 bits per heavy atom. The highest BCUT2D eigenvalue weighted by atomic mass is 15.1. The number of hydrogen-bond acceptors (Lipinski definition) is 2. The maximum absolute atomic E-state index is 4.45. The second-order valence-corrected chi connectivity index (χ2v) is 3.75. The van der Waals surface area contributed by atoms with Gasteiger partial charge in [0.05, 0.1) is 17.4 Å². The van der Waals surface area contributed by atoms with E-state index in [0.717, 1.165) is 22.4 Å². The first-order valence-electron chi connectivity index (χ1n) is 5.82. The molecule has 2 rings (SSSR count). The van der Waals surface area contributed by atoms with E-state index in [1.54, 1.807) is 6.34 Å². The van der Waals surface area contributed by atoms with E-state index < -0.39 is 0 Å². The molecule has 4 heteroatoms. The Labute approximate surface area is 102 Å². The molecule has 0 fully saturated rings. The second-order valence-electron chi connectivity index (χ2n) is 3.75. The average Bonchev–Trinajstić information content (AvgIpc) is 2.71. The van der Waals surface area contributed by atoms with E-state index in [-0.39, 0.29) is 0 Å². The quantitative estimate of drug-likeness (QED) is 0.638. The van der Waals surface area contributed by atoms with Crippen molar-refractivity contribution in [3.63, 3.8) is 0 Å². The van der Waals surface area contributed by atoms with Crippen molar-refractivity contribution >= 4 is 23.2 Å². The molecule has 92 valence electrons. The molecule has 0 aliphatic heterocycles. The molecule has 2 aromatic rings. The minimum Gasteiger partial charge on any atom is -0.369 e. The van der Waals surface area contributed by atoms with Gasteiger partial charge in [-0.3, -0.25) is 0 Å². The summed E-state index contributed by atoms with van der Waals surface area (Å²) < 4.78 is 0. The summed E-state index contributed by atoms with van der Waals surface area (Å²) in [4.78, 5) is 13.7. The van der Waals surface area contributed by atoms with Crippen molar-refractivity contribution in [3.05, 3.63) is 23.9 Å². The van der Waals surface area contributed by atoms with Gasteiger partial charge in [-0.2, -0.15) is 0 Å². The van der Waals surface area contributed by atoms with Crippen LogP contribution in [0.3, 0.4) is 0 Å². The van der Waals surface area contributed by atoms with Gasteiger partial charge in [0.1, 0.15) is 0 Å². The van der Waals surface area contributed by atoms with Gasteiger partial charge in [0, 0.05) is 20.3 Å². The summed E-state index contributed by atoms with van der Waals surface area (Å²) in [7, 11) is 3.87. The minimum absolute atomic E-state index is 0.735. The zero-order valence-electron chi connectivity index (χ0n) is 11.2. The van der Waals surface area contributed by atoms with Crippen LogP contribution in [0.1, 0.15) is 19.4 Å². The van der Waals surface area contributed by atoms with Gasteiger partial charge in [-0.25, -0.2) is 9.98 Å². The summed E-state index contributed by atoms with van der Waals surface area (Å²) in [5.41, 5.74) is 3.19. The number of aryl methyl sites for hydroxylation is 1. The van der Waals surface area contributed by atoms with Crippen LogP contribution in [0.4, 0.5) is 5.82 Å². The second kappa shape index (κ2) is 6.03. The maximum Gasteiger partial charge on any atom is 0.154 e. The molecule has 0 radical (unpaired) electrons. The van der Waals surface area contributed by atoms with Crippen molar-refractivity contribution in [2.24, 2.45) is 4.99 Å². The number of hydrogen-bond donors (Lipinski definition) is 1. The number of aromatic amines is 1. The largest absolute Gasteiger partial charge is 0.369 e. The predicted octanol–water partition coefficient (Wildman–Crippen LogP) is 3.12. The maximum atomic E-state index is 4.45. The smallest absolute Gasteiger partial charge is 0.154 e. The van der Waals surface area contributed by atoms with Gasteiger partial charge in [0.2, 0.25) is 0 Å². The number of nitrogens with zero attached hydrogens (tertiary/aromatic N) is 3. The Balaban J connectivity index is 0.000000686. The molecule has 0 unspecified atom stereocenters. The lowest BCUT2D eigenvalue weighted by atomic mass is 10.3. The fraction of sp³-hybridized carbons (Fsp3) is 0.385. The molecule has 0 aliphatic rings. The van der Waals surface area contributed by atoms with Gasteiger partial charge in [0.15, 0.2) is 5.82 Å². The molecule has 0 saturated carbocycles. The van der Waals surface area contributed by atoms with Gasteiger partial charge in [-0.1, -0.05) is 13.8 Å². The van der Waals surface area contributed by atoms with E-state index in [1.165, 1.54) is 0 Å². The molecular weight excluding hydrogens is 212 g/mol. The normalized spacial score (nSPS) is 10.4. The molecule has 0 saturated heterocycles. The third-order valence-corrected chi connectivity index (χ3v) is 2.12. The van der Waals surface area contributed by atoms with Crippen LogP contribution in [0.2, 0.25) is 0 Å². The molecule has 0 aliphatic carbocycles. The lowest BCUT2D eigenvalue weighted by molar-refractivity contribution is 0.643. The van der Waals surface area contributed by atoms with E-state index in [1.807, 2.05) is 58.1 Å². The van der Waals surface area contributed by atoms with Crippen LogP contribution < -0.4 is 0 Å². The molecule has 0 aromatic carbocycles. The van der Waals surface area contributed by atoms with Crippen LogP contribution >= 0.6 is 0 Å². The van der Waals surface area contributed by atoms with E-state index in [0.29, 0.717) is 0 Å². The number of rotatable bonds is 2. The van der Waals surface area contributed by atoms with E-state index in [2.05, 4.69) is 15.0 Å². The summed E-state index contributed by atoms with van der Waals surface area (Å²) in [6.45, 7) is 6.03. The highest BCUT2D eigenvalue weighted by Gasteiger charge is 2.01. The number of aliphatic imine (C=N–C) groups is 1. The first kappa shape index (κ1) is 13.2. The van der Waals surface area contributed by atoms with Crippen molar-refractivity contribution in [3.8, 4) is 0 Å². The van der Waals surface area contributed by atoms with Crippen LogP contribution in [0.25, 0.3) is 11.0 Å². The molecule has 0 amide bonds. The van der Waals surface area contributed by atoms with Gasteiger partial charge < -0.3 is 9.88 Å². The minimum atomic E-state index is 0.735. The monoisotopic (exact) mass is 232 g/mol. The zero-order chi connectivity index (χ0) is 12.8. The average molecular weight is 232 g/mol. The Morgan fingerprint density at radius 2 is 2.00 bits per heavy atom. The number of nitrogens with one attached hydrogen (secondary N) is 1. The molecule has 1 N–H and O–H groups in total. The topological polar surface area (TPSA) is 44.3 Å². The summed E-state index contributed by atoms with van der Waals surface area (Å²) >= 11 is 0. The van der Waals surface area contributed by atoms with Crippen LogP contribution in [0.5, 0.6) is 0 Å². The Kier molecular flexibility index (Phi) is 4.69. The molecule has 0 bridgehead atoms. The molecule has 4 nitrogen and oxygen atoms in total. The Bertz CT molecular complexity index is 497. The molecule has 17 heavy (non-hydrogen) atoms. The fourth-order valence-corrected chi connectivity index (χ4v) is 1.37. The molecule has 0 spiro atoms. The zero-order valence-corrected chi connectivity index (χ0v) is 11.2. The van der Waals surface area contributed by atoms with E-state index in [9.17, 15) is 0 Å². The summed E-state index contributed by atoms with van der Waals surface area (Å²) in [6, 6.07) is 3.90. The van der Waals surface area contributed by atoms with E-state index >= 15 is 0 Å². The Hall–Kier alpha value is -1.84. The highest BCUT2D eigenvalue weighted by molar-refractivity contribution is 5.80. The van der Waals surface area contributed by atoms with Gasteiger partial charge in [0.25, 0.3) is 0 Å². The van der Waals surface area contributed by atoms with Crippen molar-refractivity contribution in [2.45, 2.75) is 20.8 Å². The van der Waals surface area contributed by atoms with Gasteiger partial charge >= 0.3 is 0 Å². The third-order valence-electron chi connectivity index (χ3n) is 2.12. The molecular formula is C13H20N4. The summed E-state index contributed by atoms with van der Waals surface area (Å²) in [5, 5.41) is 0. The standard InChI is InChI=1S/C11H14N4.C2H6/c1-8-6-12-9-4-5-10(14-11(8)9)13-7-15(2)3;1-2/h4-7,12H,1-3H3;1-2H3. The van der Waals surface area contributed by atoms with Crippen LogP contribution in [0.15, 0.2) is 23.3 Å². The molecule has 2 aromatic heterocycles. The van der Waals surface area contributed by atoms with Crippen molar-refractivity contribution in [2.75, 3.05) is 14.1 Å². The number of pyridine rings is 1. The van der Waals surface area contributed by atoms with Crippen molar-refractivity contribution in [1.82, 2.24) is 14.9 Å². The van der Waals surface area contributed by atoms with Gasteiger partial charge in [-0.15, -0.1) is 0 Å². The first-order valence-corrected chi connectivity index (χ1v) is 5.82. The molecule has 2 heterocycles. The number of fused-ring (bicyclic) bond motifs is 1. The highest BCUT2D eigenvalue weighted by Crippen LogP contribution is 2.18. The Morgan fingerprint density at radius 3 is 2.65 bits per heavy atom.